The van der Waals surface area contributed by atoms with Gasteiger partial charge in [0.1, 0.15) is 10.8 Å². The molecule has 0 amide bonds. The van der Waals surface area contributed by atoms with Gasteiger partial charge in [-0.15, -0.1) is 10.2 Å². The van der Waals surface area contributed by atoms with E-state index in [1.807, 2.05) is 7.05 Å². The lowest BCUT2D eigenvalue weighted by Gasteiger charge is -1.98. The normalized spacial score (nSPS) is 10.8. The summed E-state index contributed by atoms with van der Waals surface area (Å²) in [6.45, 7) is 0.946. The molecular weight excluding hydrogens is 317 g/mol. The van der Waals surface area contributed by atoms with Crippen LogP contribution in [0.1, 0.15) is 11.4 Å². The zero-order valence-corrected chi connectivity index (χ0v) is 12.3. The van der Waals surface area contributed by atoms with Crippen molar-refractivity contribution in [3.8, 4) is 10.6 Å². The van der Waals surface area contributed by atoms with E-state index in [2.05, 4.69) is 31.4 Å². The summed E-state index contributed by atoms with van der Waals surface area (Å²) in [6.07, 6.45) is 1.88. The Morgan fingerprint density at radius 3 is 2.94 bits per heavy atom. The van der Waals surface area contributed by atoms with Crippen LogP contribution in [0.25, 0.3) is 10.6 Å². The quantitative estimate of drug-likeness (QED) is 0.855. The summed E-state index contributed by atoms with van der Waals surface area (Å²) in [7, 11) is 1.92. The fraction of sp³-hybridized carbons (Fsp3) is 0.333. The third-order valence-electron chi connectivity index (χ3n) is 2.45. The number of halogens is 2. The molecule has 1 aromatic heterocycles. The van der Waals surface area contributed by atoms with Crippen molar-refractivity contribution in [3.05, 3.63) is 33.5 Å². The van der Waals surface area contributed by atoms with Gasteiger partial charge in [0.2, 0.25) is 0 Å². The molecular formula is C12H13BrFN3S. The molecule has 0 atom stereocenters. The molecule has 0 saturated carbocycles. The number of hydrogen-bond acceptors (Lipinski definition) is 4. The highest BCUT2D eigenvalue weighted by Gasteiger charge is 2.11. The third-order valence-corrected chi connectivity index (χ3v) is 3.96. The van der Waals surface area contributed by atoms with E-state index in [1.165, 1.54) is 17.4 Å². The van der Waals surface area contributed by atoms with Gasteiger partial charge in [-0.05, 0) is 38.2 Å². The van der Waals surface area contributed by atoms with Crippen LogP contribution in [0.4, 0.5) is 4.39 Å². The predicted molar refractivity (Wildman–Crippen MR) is 75.3 cm³/mol. The van der Waals surface area contributed by atoms with Gasteiger partial charge in [0, 0.05) is 16.5 Å². The first-order valence-corrected chi connectivity index (χ1v) is 7.24. The summed E-state index contributed by atoms with van der Waals surface area (Å²) in [5.74, 6) is -0.276. The first-order chi connectivity index (χ1) is 8.70. The van der Waals surface area contributed by atoms with E-state index in [-0.39, 0.29) is 5.82 Å². The number of nitrogens with one attached hydrogen (secondary N) is 1. The molecule has 2 rings (SSSR count). The molecule has 0 spiro atoms. The molecule has 6 heteroatoms. The Hall–Kier alpha value is -0.850. The van der Waals surface area contributed by atoms with Gasteiger partial charge in [0.05, 0.1) is 0 Å². The monoisotopic (exact) mass is 329 g/mol. The van der Waals surface area contributed by atoms with Crippen molar-refractivity contribution >= 4 is 27.3 Å². The Bertz CT molecular complexity index is 530. The van der Waals surface area contributed by atoms with Gasteiger partial charge in [-0.1, -0.05) is 27.3 Å². The largest absolute Gasteiger partial charge is 0.320 e. The molecule has 3 nitrogen and oxygen atoms in total. The molecule has 1 heterocycles. The zero-order valence-electron chi connectivity index (χ0n) is 9.91. The molecule has 0 bridgehead atoms. The van der Waals surface area contributed by atoms with E-state index < -0.39 is 0 Å². The van der Waals surface area contributed by atoms with E-state index in [0.29, 0.717) is 10.6 Å². The molecule has 0 saturated heterocycles. The lowest BCUT2D eigenvalue weighted by atomic mass is 10.2. The van der Waals surface area contributed by atoms with E-state index in [4.69, 9.17) is 0 Å². The number of nitrogens with zero attached hydrogens (tertiary/aromatic N) is 2. The topological polar surface area (TPSA) is 37.8 Å². The van der Waals surface area contributed by atoms with Crippen molar-refractivity contribution in [2.45, 2.75) is 12.8 Å². The van der Waals surface area contributed by atoms with Crippen LogP contribution in [0.2, 0.25) is 0 Å². The fourth-order valence-electron chi connectivity index (χ4n) is 1.54. The van der Waals surface area contributed by atoms with Gasteiger partial charge in [-0.25, -0.2) is 4.39 Å². The van der Waals surface area contributed by atoms with Crippen LogP contribution in [0, 0.1) is 5.82 Å². The second-order valence-electron chi connectivity index (χ2n) is 3.83. The van der Waals surface area contributed by atoms with Crippen molar-refractivity contribution in [1.82, 2.24) is 15.5 Å². The van der Waals surface area contributed by atoms with Crippen LogP contribution in [-0.2, 0) is 6.42 Å². The zero-order chi connectivity index (χ0) is 13.0. The number of hydrogen-bond donors (Lipinski definition) is 1. The van der Waals surface area contributed by atoms with Crippen molar-refractivity contribution in [2.75, 3.05) is 13.6 Å². The summed E-state index contributed by atoms with van der Waals surface area (Å²) < 4.78 is 14.5. The fourth-order valence-corrected chi connectivity index (χ4v) is 2.78. The van der Waals surface area contributed by atoms with Crippen molar-refractivity contribution < 1.29 is 4.39 Å². The van der Waals surface area contributed by atoms with Gasteiger partial charge in [0.25, 0.3) is 0 Å². The van der Waals surface area contributed by atoms with Gasteiger partial charge in [-0.2, -0.15) is 0 Å². The van der Waals surface area contributed by atoms with Gasteiger partial charge in [0.15, 0.2) is 5.01 Å². The Balaban J connectivity index is 2.13. The maximum Gasteiger partial charge on any atom is 0.150 e. The van der Waals surface area contributed by atoms with Crippen LogP contribution in [-0.4, -0.2) is 23.8 Å². The highest BCUT2D eigenvalue weighted by molar-refractivity contribution is 9.10. The lowest BCUT2D eigenvalue weighted by Crippen LogP contribution is -2.08. The minimum atomic E-state index is -0.276. The van der Waals surface area contributed by atoms with Crippen LogP contribution < -0.4 is 5.32 Å². The molecule has 0 aliphatic carbocycles. The Kier molecular flexibility index (Phi) is 4.79. The lowest BCUT2D eigenvalue weighted by molar-refractivity contribution is 0.630. The molecule has 0 fully saturated rings. The van der Waals surface area contributed by atoms with Crippen LogP contribution in [0.3, 0.4) is 0 Å². The standard InChI is InChI=1S/C12H13BrFN3S/c1-15-6-2-3-11-16-17-12(18-11)9-5-4-8(13)7-10(9)14/h4-5,7,15H,2-3,6H2,1H3. The molecule has 1 aromatic carbocycles. The van der Waals surface area contributed by atoms with E-state index >= 15 is 0 Å². The number of aromatic nitrogens is 2. The van der Waals surface area contributed by atoms with Crippen LogP contribution in [0.5, 0.6) is 0 Å². The molecule has 0 aliphatic rings. The van der Waals surface area contributed by atoms with Gasteiger partial charge < -0.3 is 5.32 Å². The van der Waals surface area contributed by atoms with E-state index in [0.717, 1.165) is 28.9 Å². The molecule has 0 radical (unpaired) electrons. The van der Waals surface area contributed by atoms with E-state index in [9.17, 15) is 4.39 Å². The Labute approximate surface area is 118 Å². The minimum Gasteiger partial charge on any atom is -0.320 e. The van der Waals surface area contributed by atoms with Crippen molar-refractivity contribution in [3.63, 3.8) is 0 Å². The molecule has 96 valence electrons. The van der Waals surface area contributed by atoms with Crippen molar-refractivity contribution in [1.29, 1.82) is 0 Å². The highest BCUT2D eigenvalue weighted by atomic mass is 79.9. The second kappa shape index (κ2) is 6.36. The van der Waals surface area contributed by atoms with Gasteiger partial charge in [-0.3, -0.25) is 0 Å². The number of rotatable bonds is 5. The van der Waals surface area contributed by atoms with Crippen LogP contribution >= 0.6 is 27.3 Å². The Morgan fingerprint density at radius 2 is 2.22 bits per heavy atom. The first-order valence-electron chi connectivity index (χ1n) is 5.63. The SMILES string of the molecule is CNCCCc1nnc(-c2ccc(Br)cc2F)s1. The Morgan fingerprint density at radius 1 is 1.39 bits per heavy atom. The van der Waals surface area contributed by atoms with Crippen LogP contribution in [0.15, 0.2) is 22.7 Å². The summed E-state index contributed by atoms with van der Waals surface area (Å²) in [4.78, 5) is 0. The average Bonchev–Trinajstić information content (AvgIpc) is 2.78. The molecule has 1 N–H and O–H groups in total. The minimum absolute atomic E-state index is 0.276. The maximum atomic E-state index is 13.8. The number of benzene rings is 1. The molecule has 2 aromatic rings. The second-order valence-corrected chi connectivity index (χ2v) is 5.81. The van der Waals surface area contributed by atoms with Crippen molar-refractivity contribution in [2.24, 2.45) is 0 Å². The smallest absolute Gasteiger partial charge is 0.150 e. The molecule has 18 heavy (non-hydrogen) atoms. The predicted octanol–water partition coefficient (Wildman–Crippen LogP) is 3.26. The van der Waals surface area contributed by atoms with E-state index in [1.54, 1.807) is 12.1 Å². The third kappa shape index (κ3) is 3.34. The summed E-state index contributed by atoms with van der Waals surface area (Å²) >= 11 is 4.69. The summed E-state index contributed by atoms with van der Waals surface area (Å²) in [5, 5.41) is 12.8. The summed E-state index contributed by atoms with van der Waals surface area (Å²) in [5.41, 5.74) is 0.510. The summed E-state index contributed by atoms with van der Waals surface area (Å²) in [6, 6.07) is 4.97. The number of aryl methyl sites for hydroxylation is 1. The molecule has 0 unspecified atom stereocenters. The van der Waals surface area contributed by atoms with Gasteiger partial charge >= 0.3 is 0 Å². The highest BCUT2D eigenvalue weighted by Crippen LogP contribution is 2.28. The first kappa shape index (κ1) is 13.6. The maximum absolute atomic E-state index is 13.8. The molecule has 0 aliphatic heterocycles. The average molecular weight is 330 g/mol.